The van der Waals surface area contributed by atoms with Gasteiger partial charge in [0.2, 0.25) is 0 Å². The Balaban J connectivity index is 2.09. The summed E-state index contributed by atoms with van der Waals surface area (Å²) in [6.07, 6.45) is 4.92. The molecule has 7 nitrogen and oxygen atoms in total. The van der Waals surface area contributed by atoms with E-state index in [9.17, 15) is 14.2 Å². The monoisotopic (exact) mass is 298 g/mol. The van der Waals surface area contributed by atoms with Crippen molar-refractivity contribution in [1.29, 1.82) is 0 Å². The molecule has 0 bridgehead atoms. The third-order valence-electron chi connectivity index (χ3n) is 3.08. The van der Waals surface area contributed by atoms with Crippen LogP contribution < -0.4 is 11.2 Å². The number of nitrogens with one attached hydrogen (secondary N) is 1. The van der Waals surface area contributed by atoms with Crippen molar-refractivity contribution in [1.82, 2.24) is 9.55 Å². The number of hydrogen-bond acceptors (Lipinski definition) is 5. The Hall–Kier alpha value is -1.56. The van der Waals surface area contributed by atoms with Crippen LogP contribution in [0.2, 0.25) is 0 Å². The van der Waals surface area contributed by atoms with Crippen molar-refractivity contribution < 1.29 is 13.8 Å². The summed E-state index contributed by atoms with van der Waals surface area (Å²) >= 11 is 0. The number of ether oxygens (including phenoxy) is 1. The van der Waals surface area contributed by atoms with Gasteiger partial charge in [-0.2, -0.15) is 0 Å². The molecule has 1 aromatic heterocycles. The third kappa shape index (κ3) is 3.30. The van der Waals surface area contributed by atoms with Gasteiger partial charge < -0.3 is 4.74 Å². The van der Waals surface area contributed by atoms with E-state index < -0.39 is 20.7 Å². The highest BCUT2D eigenvalue weighted by atomic mass is 31.1. The fourth-order valence-electron chi connectivity index (χ4n) is 2.12. The molecule has 20 heavy (non-hydrogen) atoms. The largest absolute Gasteiger partial charge is 0.345 e. The predicted octanol–water partition coefficient (Wildman–Crippen LogP) is 1.30. The molecular weight excluding hydrogens is 283 g/mol. The standard InChI is InChI=1S/C12H15N2O5P/c1-7-6-14(12(16)13-11(7)15)9-3-4-10(5-9)18-8(2)19-20-17/h3-4,6,8-10H,5H2,1-2H3,(H,13,15,16). The van der Waals surface area contributed by atoms with E-state index in [0.29, 0.717) is 12.0 Å². The van der Waals surface area contributed by atoms with Crippen molar-refractivity contribution in [2.45, 2.75) is 38.7 Å². The van der Waals surface area contributed by atoms with Crippen LogP contribution in [-0.4, -0.2) is 21.9 Å². The van der Waals surface area contributed by atoms with Crippen molar-refractivity contribution in [2.24, 2.45) is 0 Å². The van der Waals surface area contributed by atoms with E-state index >= 15 is 0 Å². The summed E-state index contributed by atoms with van der Waals surface area (Å²) < 4.78 is 22.0. The van der Waals surface area contributed by atoms with Gasteiger partial charge in [0, 0.05) is 18.2 Å². The molecule has 0 aliphatic heterocycles. The van der Waals surface area contributed by atoms with Crippen molar-refractivity contribution in [3.8, 4) is 0 Å². The lowest BCUT2D eigenvalue weighted by Gasteiger charge is -2.17. The minimum Gasteiger partial charge on any atom is -0.345 e. The molecule has 1 aliphatic rings. The highest BCUT2D eigenvalue weighted by Gasteiger charge is 2.23. The second-order valence-corrected chi connectivity index (χ2v) is 4.95. The first kappa shape index (κ1) is 14.8. The minimum atomic E-state index is -0.600. The second-order valence-electron chi connectivity index (χ2n) is 4.59. The first-order chi connectivity index (χ1) is 9.51. The van der Waals surface area contributed by atoms with E-state index in [4.69, 9.17) is 9.26 Å². The molecule has 0 fully saturated rings. The van der Waals surface area contributed by atoms with Crippen LogP contribution in [0.25, 0.3) is 0 Å². The zero-order valence-electron chi connectivity index (χ0n) is 11.1. The van der Waals surface area contributed by atoms with Gasteiger partial charge in [0.15, 0.2) is 6.29 Å². The SMILES string of the molecule is Cc1cn(C2C=CC(OC(C)OP=O)C2)c(=O)[nH]c1=O. The van der Waals surface area contributed by atoms with Crippen LogP contribution in [0, 0.1) is 6.92 Å². The van der Waals surface area contributed by atoms with Crippen LogP contribution in [0.5, 0.6) is 0 Å². The lowest BCUT2D eigenvalue weighted by molar-refractivity contribution is -0.0869. The summed E-state index contributed by atoms with van der Waals surface area (Å²) in [5, 5.41) is 0. The summed E-state index contributed by atoms with van der Waals surface area (Å²) in [7, 11) is -0.435. The van der Waals surface area contributed by atoms with Gasteiger partial charge in [-0.3, -0.25) is 18.9 Å². The maximum atomic E-state index is 11.8. The summed E-state index contributed by atoms with van der Waals surface area (Å²) in [5.74, 6) is 0. The van der Waals surface area contributed by atoms with E-state index in [0.717, 1.165) is 0 Å². The minimum absolute atomic E-state index is 0.181. The molecule has 1 aromatic rings. The van der Waals surface area contributed by atoms with Crippen molar-refractivity contribution >= 4 is 8.69 Å². The van der Waals surface area contributed by atoms with Gasteiger partial charge in [-0.25, -0.2) is 9.36 Å². The molecule has 0 amide bonds. The van der Waals surface area contributed by atoms with E-state index in [2.05, 4.69) is 4.98 Å². The summed E-state index contributed by atoms with van der Waals surface area (Å²) in [6, 6.07) is -0.181. The van der Waals surface area contributed by atoms with Crippen molar-refractivity contribution in [3.05, 3.63) is 44.8 Å². The highest BCUT2D eigenvalue weighted by molar-refractivity contribution is 7.17. The number of aryl methyl sites for hydroxylation is 1. The first-order valence-electron chi connectivity index (χ1n) is 6.15. The molecule has 108 valence electrons. The molecule has 3 unspecified atom stereocenters. The van der Waals surface area contributed by atoms with Crippen LogP contribution >= 0.6 is 8.69 Å². The van der Waals surface area contributed by atoms with Crippen molar-refractivity contribution in [2.75, 3.05) is 0 Å². The van der Waals surface area contributed by atoms with E-state index in [1.807, 2.05) is 12.2 Å². The zero-order chi connectivity index (χ0) is 14.7. The molecule has 8 heteroatoms. The fraction of sp³-hybridized carbons (Fsp3) is 0.500. The Morgan fingerprint density at radius 1 is 1.45 bits per heavy atom. The quantitative estimate of drug-likeness (QED) is 0.502. The summed E-state index contributed by atoms with van der Waals surface area (Å²) in [5.41, 5.74) is -0.347. The number of hydrogen-bond donors (Lipinski definition) is 1. The highest BCUT2D eigenvalue weighted by Crippen LogP contribution is 2.25. The molecule has 0 radical (unpaired) electrons. The van der Waals surface area contributed by atoms with Crippen LogP contribution in [0.15, 0.2) is 27.9 Å². The number of rotatable bonds is 5. The Bertz CT molecular complexity index is 635. The van der Waals surface area contributed by atoms with Gasteiger partial charge in [0.25, 0.3) is 5.56 Å². The smallest absolute Gasteiger partial charge is 0.329 e. The molecule has 0 spiro atoms. The molecular formula is C12H15N2O5P. The van der Waals surface area contributed by atoms with Gasteiger partial charge in [-0.1, -0.05) is 12.2 Å². The predicted molar refractivity (Wildman–Crippen MR) is 71.9 cm³/mol. The second kappa shape index (κ2) is 6.26. The van der Waals surface area contributed by atoms with Crippen molar-refractivity contribution in [3.63, 3.8) is 0 Å². The maximum Gasteiger partial charge on any atom is 0.329 e. The van der Waals surface area contributed by atoms with E-state index in [1.54, 1.807) is 13.8 Å². The summed E-state index contributed by atoms with van der Waals surface area (Å²) in [6.45, 7) is 3.28. The first-order valence-corrected chi connectivity index (χ1v) is 6.88. The molecule has 3 atom stereocenters. The lowest BCUT2D eigenvalue weighted by atomic mass is 10.2. The van der Waals surface area contributed by atoms with Crippen LogP contribution in [0.1, 0.15) is 24.9 Å². The number of allylic oxidation sites excluding steroid dienone is 1. The summed E-state index contributed by atoms with van der Waals surface area (Å²) in [4.78, 5) is 25.4. The third-order valence-corrected chi connectivity index (χ3v) is 3.47. The van der Waals surface area contributed by atoms with Gasteiger partial charge in [-0.05, 0) is 13.8 Å². The van der Waals surface area contributed by atoms with Gasteiger partial charge in [0.1, 0.15) is 0 Å². The molecule has 0 aromatic carbocycles. The Morgan fingerprint density at radius 3 is 2.90 bits per heavy atom. The normalized spacial score (nSPS) is 23.3. The Kier molecular flexibility index (Phi) is 4.65. The topological polar surface area (TPSA) is 90.4 Å². The molecule has 2 rings (SSSR count). The molecule has 0 saturated carbocycles. The average Bonchev–Trinajstić information content (AvgIpc) is 2.82. The van der Waals surface area contributed by atoms with E-state index in [1.165, 1.54) is 10.8 Å². The number of aromatic amines is 1. The number of aromatic nitrogens is 2. The maximum absolute atomic E-state index is 11.8. The van der Waals surface area contributed by atoms with Gasteiger partial charge in [0.05, 0.1) is 12.1 Å². The van der Waals surface area contributed by atoms with Gasteiger partial charge >= 0.3 is 14.4 Å². The van der Waals surface area contributed by atoms with Gasteiger partial charge in [-0.15, -0.1) is 0 Å². The Morgan fingerprint density at radius 2 is 2.20 bits per heavy atom. The van der Waals surface area contributed by atoms with Crippen LogP contribution in [-0.2, 0) is 13.8 Å². The molecule has 1 aliphatic carbocycles. The lowest BCUT2D eigenvalue weighted by Crippen LogP contribution is -2.33. The molecule has 1 N–H and O–H groups in total. The molecule has 1 heterocycles. The van der Waals surface area contributed by atoms with E-state index in [-0.39, 0.29) is 17.7 Å². The Labute approximate surface area is 116 Å². The fourth-order valence-corrected chi connectivity index (χ4v) is 2.29. The average molecular weight is 298 g/mol. The zero-order valence-corrected chi connectivity index (χ0v) is 12.0. The number of H-pyrrole nitrogens is 1. The number of nitrogens with zero attached hydrogens (tertiary/aromatic N) is 1. The van der Waals surface area contributed by atoms with Crippen LogP contribution in [0.3, 0.4) is 0 Å². The molecule has 0 saturated heterocycles. The van der Waals surface area contributed by atoms with Crippen LogP contribution in [0.4, 0.5) is 0 Å².